The van der Waals surface area contributed by atoms with E-state index in [-0.39, 0.29) is 17.3 Å². The number of hydrogen-bond acceptors (Lipinski definition) is 3. The number of amides is 1. The van der Waals surface area contributed by atoms with Crippen LogP contribution in [0.1, 0.15) is 30.3 Å². The summed E-state index contributed by atoms with van der Waals surface area (Å²) < 4.78 is 40.6. The molecule has 1 amide bonds. The first-order valence-corrected chi connectivity index (χ1v) is 9.52. The zero-order chi connectivity index (χ0) is 20.5. The van der Waals surface area contributed by atoms with Gasteiger partial charge in [-0.15, -0.1) is 0 Å². The molecule has 2 aromatic carbocycles. The maximum atomic E-state index is 13.8. The molecule has 3 aromatic rings. The van der Waals surface area contributed by atoms with Crippen molar-refractivity contribution >= 4 is 28.2 Å². The summed E-state index contributed by atoms with van der Waals surface area (Å²) in [6, 6.07) is 8.98. The molecular formula is C22H20F3N3O. The van der Waals surface area contributed by atoms with Gasteiger partial charge in [0.15, 0.2) is 11.6 Å². The molecule has 29 heavy (non-hydrogen) atoms. The van der Waals surface area contributed by atoms with Crippen LogP contribution < -0.4 is 5.32 Å². The third-order valence-electron chi connectivity index (χ3n) is 5.26. The average Bonchev–Trinajstić information content (AvgIpc) is 2.71. The third-order valence-corrected chi connectivity index (χ3v) is 5.26. The van der Waals surface area contributed by atoms with Crippen molar-refractivity contribution < 1.29 is 18.0 Å². The number of carbonyl (C=O) groups excluding carboxylic acids is 1. The van der Waals surface area contributed by atoms with Crippen LogP contribution in [0, 0.1) is 23.4 Å². The molecule has 0 aliphatic carbocycles. The standard InChI is InChI=1S/C22H20F3N3O/c1-13-6-8-28(9-7-13)22(29)21-12-20(16-10-14(23)2-5-19(16)27-21)26-15-3-4-17(24)18(25)11-15/h2-5,10-13H,6-9H2,1H3,(H,26,27). The summed E-state index contributed by atoms with van der Waals surface area (Å²) in [5.74, 6) is -2.04. The van der Waals surface area contributed by atoms with E-state index in [1.54, 1.807) is 4.90 Å². The van der Waals surface area contributed by atoms with E-state index in [1.807, 2.05) is 0 Å². The highest BCUT2D eigenvalue weighted by Crippen LogP contribution is 2.29. The molecule has 7 heteroatoms. The van der Waals surface area contributed by atoms with Gasteiger partial charge in [-0.2, -0.15) is 0 Å². The highest BCUT2D eigenvalue weighted by Gasteiger charge is 2.23. The van der Waals surface area contributed by atoms with E-state index in [4.69, 9.17) is 0 Å². The number of rotatable bonds is 3. The molecule has 2 heterocycles. The summed E-state index contributed by atoms with van der Waals surface area (Å²) >= 11 is 0. The monoisotopic (exact) mass is 399 g/mol. The van der Waals surface area contributed by atoms with Gasteiger partial charge in [-0.1, -0.05) is 6.92 Å². The maximum Gasteiger partial charge on any atom is 0.272 e. The van der Waals surface area contributed by atoms with Crippen LogP contribution in [-0.2, 0) is 0 Å². The first kappa shape index (κ1) is 19.2. The lowest BCUT2D eigenvalue weighted by Crippen LogP contribution is -2.38. The van der Waals surface area contributed by atoms with Crippen LogP contribution in [0.15, 0.2) is 42.5 Å². The van der Waals surface area contributed by atoms with Gasteiger partial charge in [0.05, 0.1) is 11.2 Å². The van der Waals surface area contributed by atoms with E-state index >= 15 is 0 Å². The van der Waals surface area contributed by atoms with Gasteiger partial charge >= 0.3 is 0 Å². The molecular weight excluding hydrogens is 379 g/mol. The predicted molar refractivity (Wildman–Crippen MR) is 106 cm³/mol. The van der Waals surface area contributed by atoms with Gasteiger partial charge in [-0.25, -0.2) is 18.2 Å². The van der Waals surface area contributed by atoms with Crippen LogP contribution in [0.5, 0.6) is 0 Å². The Morgan fingerprint density at radius 3 is 2.52 bits per heavy atom. The molecule has 1 saturated heterocycles. The minimum atomic E-state index is -1.00. The molecule has 1 aliphatic heterocycles. The number of nitrogens with zero attached hydrogens (tertiary/aromatic N) is 2. The van der Waals surface area contributed by atoms with Crippen LogP contribution >= 0.6 is 0 Å². The zero-order valence-corrected chi connectivity index (χ0v) is 15.9. The number of carbonyl (C=O) groups is 1. The van der Waals surface area contributed by atoms with Crippen molar-refractivity contribution in [3.63, 3.8) is 0 Å². The molecule has 1 N–H and O–H groups in total. The molecule has 4 rings (SSSR count). The molecule has 1 aromatic heterocycles. The summed E-state index contributed by atoms with van der Waals surface area (Å²) in [5, 5.41) is 3.41. The van der Waals surface area contributed by atoms with Crippen molar-refractivity contribution in [2.75, 3.05) is 18.4 Å². The number of hydrogen-bond donors (Lipinski definition) is 1. The van der Waals surface area contributed by atoms with Crippen molar-refractivity contribution in [1.82, 2.24) is 9.88 Å². The number of pyridine rings is 1. The number of benzene rings is 2. The Hall–Kier alpha value is -3.09. The molecule has 150 valence electrons. The fraction of sp³-hybridized carbons (Fsp3) is 0.273. The smallest absolute Gasteiger partial charge is 0.272 e. The van der Waals surface area contributed by atoms with Crippen LogP contribution in [0.3, 0.4) is 0 Å². The van der Waals surface area contributed by atoms with Gasteiger partial charge in [0, 0.05) is 30.2 Å². The molecule has 0 saturated carbocycles. The second-order valence-corrected chi connectivity index (χ2v) is 7.45. The van der Waals surface area contributed by atoms with E-state index in [9.17, 15) is 18.0 Å². The quantitative estimate of drug-likeness (QED) is 0.653. The SMILES string of the molecule is CC1CCN(C(=O)c2cc(Nc3ccc(F)c(F)c3)c3cc(F)ccc3n2)CC1. The Balaban J connectivity index is 1.74. The van der Waals surface area contributed by atoms with Gasteiger partial charge in [0.1, 0.15) is 11.5 Å². The van der Waals surface area contributed by atoms with Gasteiger partial charge in [-0.3, -0.25) is 4.79 Å². The second kappa shape index (κ2) is 7.73. The van der Waals surface area contributed by atoms with Crippen LogP contribution in [0.4, 0.5) is 24.5 Å². The Bertz CT molecular complexity index is 1080. The molecule has 0 radical (unpaired) electrons. The van der Waals surface area contributed by atoms with Crippen molar-refractivity contribution in [2.24, 2.45) is 5.92 Å². The highest BCUT2D eigenvalue weighted by atomic mass is 19.2. The summed E-state index contributed by atoms with van der Waals surface area (Å²) in [5.41, 5.74) is 1.34. The van der Waals surface area contributed by atoms with Crippen molar-refractivity contribution in [3.8, 4) is 0 Å². The highest BCUT2D eigenvalue weighted by molar-refractivity contribution is 6.00. The zero-order valence-electron chi connectivity index (χ0n) is 15.9. The number of likely N-dealkylation sites (tertiary alicyclic amines) is 1. The minimum Gasteiger partial charge on any atom is -0.355 e. The number of anilines is 2. The molecule has 0 bridgehead atoms. The Morgan fingerprint density at radius 1 is 1.03 bits per heavy atom. The number of aromatic nitrogens is 1. The van der Waals surface area contributed by atoms with E-state index in [2.05, 4.69) is 17.2 Å². The number of halogens is 3. The average molecular weight is 399 g/mol. The first-order chi connectivity index (χ1) is 13.9. The van der Waals surface area contributed by atoms with E-state index in [0.29, 0.717) is 35.6 Å². The van der Waals surface area contributed by atoms with Crippen molar-refractivity contribution in [3.05, 3.63) is 65.6 Å². The topological polar surface area (TPSA) is 45.2 Å². The third kappa shape index (κ3) is 4.04. The molecule has 0 unspecified atom stereocenters. The van der Waals surface area contributed by atoms with Crippen molar-refractivity contribution in [2.45, 2.75) is 19.8 Å². The fourth-order valence-electron chi connectivity index (χ4n) is 3.51. The van der Waals surface area contributed by atoms with Gasteiger partial charge < -0.3 is 10.2 Å². The predicted octanol–water partition coefficient (Wildman–Crippen LogP) is 5.27. The van der Waals surface area contributed by atoms with Gasteiger partial charge in [0.25, 0.3) is 5.91 Å². The van der Waals surface area contributed by atoms with Crippen LogP contribution in [0.2, 0.25) is 0 Å². The lowest BCUT2D eigenvalue weighted by Gasteiger charge is -2.30. The summed E-state index contributed by atoms with van der Waals surface area (Å²) in [6.45, 7) is 3.48. The molecule has 0 spiro atoms. The van der Waals surface area contributed by atoms with Gasteiger partial charge in [0.2, 0.25) is 0 Å². The first-order valence-electron chi connectivity index (χ1n) is 9.52. The lowest BCUT2D eigenvalue weighted by atomic mass is 9.99. The molecule has 0 atom stereocenters. The Kier molecular flexibility index (Phi) is 5.13. The van der Waals surface area contributed by atoms with E-state index in [1.165, 1.54) is 30.3 Å². The number of fused-ring (bicyclic) bond motifs is 1. The summed E-state index contributed by atoms with van der Waals surface area (Å²) in [4.78, 5) is 19.1. The Labute approximate surface area is 166 Å². The molecule has 1 fully saturated rings. The number of piperidine rings is 1. The summed E-state index contributed by atoms with van der Waals surface area (Å²) in [7, 11) is 0. The molecule has 4 nitrogen and oxygen atoms in total. The van der Waals surface area contributed by atoms with Crippen LogP contribution in [-0.4, -0.2) is 28.9 Å². The number of nitrogens with one attached hydrogen (secondary N) is 1. The van der Waals surface area contributed by atoms with Crippen molar-refractivity contribution in [1.29, 1.82) is 0 Å². The van der Waals surface area contributed by atoms with E-state index in [0.717, 1.165) is 25.0 Å². The minimum absolute atomic E-state index is 0.198. The van der Waals surface area contributed by atoms with E-state index < -0.39 is 17.5 Å². The lowest BCUT2D eigenvalue weighted by molar-refractivity contribution is 0.0691. The normalized spacial score (nSPS) is 15.0. The largest absolute Gasteiger partial charge is 0.355 e. The fourth-order valence-corrected chi connectivity index (χ4v) is 3.51. The molecule has 1 aliphatic rings. The maximum absolute atomic E-state index is 13.8. The van der Waals surface area contributed by atoms with Crippen LogP contribution in [0.25, 0.3) is 10.9 Å². The van der Waals surface area contributed by atoms with Gasteiger partial charge in [-0.05, 0) is 55.2 Å². The second-order valence-electron chi connectivity index (χ2n) is 7.45. The Morgan fingerprint density at radius 2 is 1.79 bits per heavy atom. The summed E-state index contributed by atoms with van der Waals surface area (Å²) in [6.07, 6.45) is 1.87.